The predicted molar refractivity (Wildman–Crippen MR) is 31.1 cm³/mol. The average Bonchev–Trinajstić information content (AvgIpc) is 1.59. The normalized spacial score (nSPS) is 14.0. The summed E-state index contributed by atoms with van der Waals surface area (Å²) in [4.78, 5) is -3.24. The molecule has 0 saturated heterocycles. The molecule has 0 rings (SSSR count). The van der Waals surface area contributed by atoms with Gasteiger partial charge in [0.25, 0.3) is 20.0 Å². The van der Waals surface area contributed by atoms with Crippen LogP contribution in [0.25, 0.3) is 0 Å². The quantitative estimate of drug-likeness (QED) is 0.516. The number of nitrogens with two attached hydrogens (primary N) is 2. The third kappa shape index (κ3) is 2.56. The summed E-state index contributed by atoms with van der Waals surface area (Å²) < 4.78 is 51.7. The van der Waals surface area contributed by atoms with Crippen molar-refractivity contribution in [2.75, 3.05) is 0 Å². The molecule has 0 aromatic rings. The first-order valence-electron chi connectivity index (χ1n) is 1.83. The van der Waals surface area contributed by atoms with Gasteiger partial charge in [-0.3, -0.25) is 0 Å². The molecule has 0 unspecified atom stereocenters. The van der Waals surface area contributed by atoms with Crippen LogP contribution >= 0.6 is 0 Å². The molecule has 0 aromatic heterocycles. The molecule has 0 heterocycles. The lowest BCUT2D eigenvalue weighted by Gasteiger charge is -2.00. The zero-order chi connectivity index (χ0) is 8.58. The fourth-order valence-electron chi connectivity index (χ4n) is 0.187. The van der Waals surface area contributed by atoms with E-state index in [-0.39, 0.29) is 0 Å². The molecule has 0 aliphatic carbocycles. The highest BCUT2D eigenvalue weighted by atomic mass is 32.3. The Hall–Kier alpha value is -0.250. The van der Waals surface area contributed by atoms with E-state index in [0.717, 1.165) is 0 Å². The summed E-state index contributed by atoms with van der Waals surface area (Å²) in [6.07, 6.45) is 0. The van der Waals surface area contributed by atoms with Crippen molar-refractivity contribution in [3.05, 3.63) is 0 Å². The molecule has 0 aliphatic rings. The molecule has 0 fully saturated rings. The van der Waals surface area contributed by atoms with Crippen LogP contribution in [-0.4, -0.2) is 21.7 Å². The van der Waals surface area contributed by atoms with Gasteiger partial charge < -0.3 is 0 Å². The molecule has 0 bridgehead atoms. The van der Waals surface area contributed by atoms with Crippen molar-refractivity contribution >= 4 is 20.0 Å². The van der Waals surface area contributed by atoms with Crippen LogP contribution < -0.4 is 10.3 Å². The van der Waals surface area contributed by atoms with E-state index >= 15 is 0 Å². The van der Waals surface area contributed by atoms with Crippen LogP contribution in [0.2, 0.25) is 0 Å². The molecule has 6 nitrogen and oxygen atoms in total. The van der Waals surface area contributed by atoms with Crippen LogP contribution in [0.15, 0.2) is 0 Å². The van der Waals surface area contributed by atoms with Gasteiger partial charge in [0.05, 0.1) is 0 Å². The minimum atomic E-state index is -4.74. The van der Waals surface area contributed by atoms with E-state index in [1.54, 1.807) is 0 Å². The number of hydrogen-bond donors (Lipinski definition) is 2. The third-order valence-electron chi connectivity index (χ3n) is 0.517. The minimum Gasteiger partial charge on any atom is -0.225 e. The van der Waals surface area contributed by atoms with Gasteiger partial charge in [-0.15, -0.1) is 0 Å². The lowest BCUT2D eigenvalue weighted by Crippen LogP contribution is -2.36. The average molecular weight is 192 g/mol. The number of primary sulfonamides is 2. The summed E-state index contributed by atoms with van der Waals surface area (Å²) in [6, 6.07) is 0. The molecule has 0 aliphatic heterocycles. The molecule has 10 heavy (non-hydrogen) atoms. The van der Waals surface area contributed by atoms with Gasteiger partial charge in [0.15, 0.2) is 0 Å². The van der Waals surface area contributed by atoms with Crippen molar-refractivity contribution in [3.63, 3.8) is 0 Å². The van der Waals surface area contributed by atoms with E-state index in [2.05, 4.69) is 10.3 Å². The molecule has 0 aromatic carbocycles. The maximum absolute atomic E-state index is 12.0. The predicted octanol–water partition coefficient (Wildman–Crippen LogP) is -2.18. The lowest BCUT2D eigenvalue weighted by atomic mass is 11.8. The van der Waals surface area contributed by atoms with Crippen LogP contribution in [0, 0.1) is 0 Å². The van der Waals surface area contributed by atoms with Gasteiger partial charge >= 0.3 is 4.84 Å². The molecule has 4 N–H and O–H groups in total. The summed E-state index contributed by atoms with van der Waals surface area (Å²) in [5.41, 5.74) is 0. The monoisotopic (exact) mass is 192 g/mol. The summed E-state index contributed by atoms with van der Waals surface area (Å²) >= 11 is 0. The highest BCUT2D eigenvalue weighted by Crippen LogP contribution is 2.02. The second kappa shape index (κ2) is 2.42. The SMILES string of the molecule is NS(=O)(=O)C(F)S(N)(=O)=O. The highest BCUT2D eigenvalue weighted by Gasteiger charge is 2.31. The zero-order valence-corrected chi connectivity index (χ0v) is 6.19. The molecule has 0 radical (unpaired) electrons. The van der Waals surface area contributed by atoms with Gasteiger partial charge in [0.1, 0.15) is 0 Å². The van der Waals surface area contributed by atoms with Crippen molar-refractivity contribution < 1.29 is 21.2 Å². The first-order valence-corrected chi connectivity index (χ1v) is 5.05. The van der Waals surface area contributed by atoms with Gasteiger partial charge in [-0.1, -0.05) is 0 Å². The van der Waals surface area contributed by atoms with E-state index in [4.69, 9.17) is 0 Å². The zero-order valence-electron chi connectivity index (χ0n) is 4.56. The number of sulfonamides is 2. The second-order valence-electron chi connectivity index (χ2n) is 1.45. The van der Waals surface area contributed by atoms with E-state index < -0.39 is 24.9 Å². The topological polar surface area (TPSA) is 120 Å². The maximum atomic E-state index is 12.0. The Kier molecular flexibility index (Phi) is 2.36. The fraction of sp³-hybridized carbons (Fsp3) is 1.00. The van der Waals surface area contributed by atoms with Crippen LogP contribution in [0.1, 0.15) is 0 Å². The molecule has 0 spiro atoms. The Labute approximate surface area is 57.1 Å². The van der Waals surface area contributed by atoms with Gasteiger partial charge in [-0.25, -0.2) is 31.5 Å². The third-order valence-corrected chi connectivity index (χ3v) is 3.16. The standard InChI is InChI=1S/CH5FN2O4S2/c2-1(9(3,5)6)10(4,7)8/h1H,(H2,3,5,6)(H2,4,7,8). The van der Waals surface area contributed by atoms with Crippen LogP contribution in [-0.2, 0) is 20.0 Å². The van der Waals surface area contributed by atoms with E-state index in [9.17, 15) is 21.2 Å². The Morgan fingerprint density at radius 3 is 1.20 bits per heavy atom. The molecule has 62 valence electrons. The molecular formula is CH5FN2O4S2. The van der Waals surface area contributed by atoms with Gasteiger partial charge in [0.2, 0.25) is 0 Å². The Balaban J connectivity index is 4.94. The van der Waals surface area contributed by atoms with Crippen molar-refractivity contribution in [1.29, 1.82) is 0 Å². The van der Waals surface area contributed by atoms with Crippen molar-refractivity contribution in [1.82, 2.24) is 0 Å². The van der Waals surface area contributed by atoms with E-state index in [0.29, 0.717) is 0 Å². The Morgan fingerprint density at radius 2 is 1.20 bits per heavy atom. The summed E-state index contributed by atoms with van der Waals surface area (Å²) in [5.74, 6) is 0. The number of hydrogen-bond acceptors (Lipinski definition) is 4. The van der Waals surface area contributed by atoms with Crippen molar-refractivity contribution in [3.8, 4) is 0 Å². The van der Waals surface area contributed by atoms with E-state index in [1.807, 2.05) is 0 Å². The smallest absolute Gasteiger partial charge is 0.225 e. The Morgan fingerprint density at radius 1 is 1.00 bits per heavy atom. The second-order valence-corrected chi connectivity index (χ2v) is 4.93. The lowest BCUT2D eigenvalue weighted by molar-refractivity contribution is 0.478. The summed E-state index contributed by atoms with van der Waals surface area (Å²) in [5, 5.41) is 8.21. The van der Waals surface area contributed by atoms with E-state index in [1.165, 1.54) is 0 Å². The van der Waals surface area contributed by atoms with Gasteiger partial charge in [-0.05, 0) is 0 Å². The molecule has 0 atom stereocenters. The van der Waals surface area contributed by atoms with Gasteiger partial charge in [0, 0.05) is 0 Å². The minimum absolute atomic E-state index is 3.24. The first-order chi connectivity index (χ1) is 4.15. The first kappa shape index (κ1) is 9.75. The Bertz CT molecular complexity index is 270. The highest BCUT2D eigenvalue weighted by molar-refractivity contribution is 8.06. The number of rotatable bonds is 2. The summed E-state index contributed by atoms with van der Waals surface area (Å²) in [7, 11) is -9.48. The molecule has 0 saturated carbocycles. The van der Waals surface area contributed by atoms with Crippen molar-refractivity contribution in [2.24, 2.45) is 10.3 Å². The largest absolute Gasteiger partial charge is 0.326 e. The summed E-state index contributed by atoms with van der Waals surface area (Å²) in [6.45, 7) is 0. The van der Waals surface area contributed by atoms with Gasteiger partial charge in [-0.2, -0.15) is 0 Å². The van der Waals surface area contributed by atoms with Crippen LogP contribution in [0.5, 0.6) is 0 Å². The fourth-order valence-corrected chi connectivity index (χ4v) is 1.68. The number of halogens is 1. The maximum Gasteiger partial charge on any atom is 0.326 e. The number of alkyl halides is 1. The van der Waals surface area contributed by atoms with Crippen molar-refractivity contribution in [2.45, 2.75) is 4.84 Å². The van der Waals surface area contributed by atoms with Crippen LogP contribution in [0.4, 0.5) is 4.39 Å². The molecule has 9 heteroatoms. The molecule has 0 amide bonds. The molecular weight excluding hydrogens is 187 g/mol. The van der Waals surface area contributed by atoms with Crippen LogP contribution in [0.3, 0.4) is 0 Å².